The van der Waals surface area contributed by atoms with E-state index in [4.69, 9.17) is 0 Å². The van der Waals surface area contributed by atoms with Gasteiger partial charge in [0.25, 0.3) is 11.8 Å². The molecular weight excluding hydrogens is 421 g/mol. The third kappa shape index (κ3) is 5.57. The topological polar surface area (TPSA) is 65.5 Å². The highest BCUT2D eigenvalue weighted by Crippen LogP contribution is 2.32. The maximum atomic E-state index is 13.2. The van der Waals surface area contributed by atoms with Gasteiger partial charge in [0.2, 0.25) is 0 Å². The Kier molecular flexibility index (Phi) is 7.37. The summed E-state index contributed by atoms with van der Waals surface area (Å²) in [7, 11) is 0. The Morgan fingerprint density at radius 3 is 2.38 bits per heavy atom. The van der Waals surface area contributed by atoms with E-state index in [2.05, 4.69) is 24.1 Å². The van der Waals surface area contributed by atoms with Crippen molar-refractivity contribution in [2.24, 2.45) is 5.92 Å². The standard InChI is InChI=1S/C23H27F3N4O2/c1-3-16(2)14-28-21(31)17-8-9-20(27-15-17)29-10-12-30(13-11-29)22(32)18-6-4-5-7-19(18)23(24,25)26/h4-9,15-16H,3,10-14H2,1-2H3,(H,28,31). The van der Waals surface area contributed by atoms with E-state index in [0.717, 1.165) is 12.5 Å². The molecule has 2 aromatic rings. The van der Waals surface area contributed by atoms with E-state index in [1.165, 1.54) is 29.3 Å². The molecule has 1 atom stereocenters. The fourth-order valence-corrected chi connectivity index (χ4v) is 3.45. The molecule has 1 aromatic carbocycles. The highest BCUT2D eigenvalue weighted by molar-refractivity contribution is 5.96. The van der Waals surface area contributed by atoms with Gasteiger partial charge in [-0.05, 0) is 30.2 Å². The lowest BCUT2D eigenvalue weighted by atomic mass is 10.1. The average Bonchev–Trinajstić information content (AvgIpc) is 2.81. The molecule has 0 aliphatic carbocycles. The van der Waals surface area contributed by atoms with Crippen LogP contribution in [0.4, 0.5) is 19.0 Å². The number of anilines is 1. The van der Waals surface area contributed by atoms with Crippen LogP contribution in [-0.2, 0) is 6.18 Å². The summed E-state index contributed by atoms with van der Waals surface area (Å²) >= 11 is 0. The van der Waals surface area contributed by atoms with Gasteiger partial charge >= 0.3 is 6.18 Å². The SMILES string of the molecule is CCC(C)CNC(=O)c1ccc(N2CCN(C(=O)c3ccccc3C(F)(F)F)CC2)nc1. The number of rotatable bonds is 6. The first-order valence-corrected chi connectivity index (χ1v) is 10.7. The molecule has 32 heavy (non-hydrogen) atoms. The van der Waals surface area contributed by atoms with E-state index in [1.807, 2.05) is 4.90 Å². The number of halogens is 3. The number of alkyl halides is 3. The van der Waals surface area contributed by atoms with E-state index in [-0.39, 0.29) is 24.6 Å². The quantitative estimate of drug-likeness (QED) is 0.729. The van der Waals surface area contributed by atoms with Crippen molar-refractivity contribution in [3.8, 4) is 0 Å². The number of benzene rings is 1. The Morgan fingerprint density at radius 2 is 1.78 bits per heavy atom. The van der Waals surface area contributed by atoms with Crippen molar-refractivity contribution in [2.45, 2.75) is 26.4 Å². The van der Waals surface area contributed by atoms with Crippen LogP contribution in [0.5, 0.6) is 0 Å². The van der Waals surface area contributed by atoms with E-state index in [1.54, 1.807) is 12.1 Å². The molecule has 3 rings (SSSR count). The monoisotopic (exact) mass is 448 g/mol. The molecule has 0 spiro atoms. The summed E-state index contributed by atoms with van der Waals surface area (Å²) in [6.07, 6.45) is -2.09. The molecule has 1 N–H and O–H groups in total. The summed E-state index contributed by atoms with van der Waals surface area (Å²) in [5.74, 6) is 0.251. The van der Waals surface area contributed by atoms with Gasteiger partial charge in [0.05, 0.1) is 16.7 Å². The van der Waals surface area contributed by atoms with Crippen molar-refractivity contribution in [1.82, 2.24) is 15.2 Å². The second-order valence-electron chi connectivity index (χ2n) is 7.95. The van der Waals surface area contributed by atoms with E-state index in [0.29, 0.717) is 36.9 Å². The molecule has 1 aliphatic heterocycles. The molecule has 1 saturated heterocycles. The summed E-state index contributed by atoms with van der Waals surface area (Å²) in [6, 6.07) is 8.29. The minimum Gasteiger partial charge on any atom is -0.353 e. The van der Waals surface area contributed by atoms with Gasteiger partial charge in [-0.1, -0.05) is 32.4 Å². The van der Waals surface area contributed by atoms with Crippen LogP contribution < -0.4 is 10.2 Å². The maximum Gasteiger partial charge on any atom is 0.417 e. The summed E-state index contributed by atoms with van der Waals surface area (Å²) in [6.45, 7) is 6.17. The van der Waals surface area contributed by atoms with Crippen LogP contribution in [-0.4, -0.2) is 54.4 Å². The number of carbonyl (C=O) groups is 2. The first-order valence-electron chi connectivity index (χ1n) is 10.7. The highest BCUT2D eigenvalue weighted by Gasteiger charge is 2.36. The number of nitrogens with zero attached hydrogens (tertiary/aromatic N) is 3. The minimum absolute atomic E-state index is 0.178. The highest BCUT2D eigenvalue weighted by atomic mass is 19.4. The van der Waals surface area contributed by atoms with Crippen molar-refractivity contribution >= 4 is 17.6 Å². The van der Waals surface area contributed by atoms with Crippen molar-refractivity contribution in [1.29, 1.82) is 0 Å². The van der Waals surface area contributed by atoms with Crippen LogP contribution in [0.2, 0.25) is 0 Å². The van der Waals surface area contributed by atoms with Gasteiger partial charge in [0, 0.05) is 38.9 Å². The van der Waals surface area contributed by atoms with Gasteiger partial charge in [-0.25, -0.2) is 4.98 Å². The van der Waals surface area contributed by atoms with Crippen LogP contribution in [0.25, 0.3) is 0 Å². The Labute approximate surface area is 185 Å². The number of amides is 2. The molecule has 6 nitrogen and oxygen atoms in total. The largest absolute Gasteiger partial charge is 0.417 e. The van der Waals surface area contributed by atoms with Gasteiger partial charge in [0.15, 0.2) is 0 Å². The Bertz CT molecular complexity index is 939. The molecule has 2 amide bonds. The molecule has 1 fully saturated rings. The molecule has 1 aliphatic rings. The lowest BCUT2D eigenvalue weighted by Gasteiger charge is -2.35. The minimum atomic E-state index is -4.58. The smallest absolute Gasteiger partial charge is 0.353 e. The zero-order chi connectivity index (χ0) is 23.3. The number of piperazine rings is 1. The third-order valence-electron chi connectivity index (χ3n) is 5.67. The zero-order valence-electron chi connectivity index (χ0n) is 18.2. The normalized spacial score (nSPS) is 15.4. The predicted molar refractivity (Wildman–Crippen MR) is 116 cm³/mol. The first-order chi connectivity index (χ1) is 15.2. The Hall–Kier alpha value is -3.10. The summed E-state index contributed by atoms with van der Waals surface area (Å²) < 4.78 is 39.7. The van der Waals surface area contributed by atoms with Crippen molar-refractivity contribution in [3.05, 3.63) is 59.3 Å². The summed E-state index contributed by atoms with van der Waals surface area (Å²) in [5.41, 5.74) is -0.787. The van der Waals surface area contributed by atoms with Gasteiger partial charge in [0.1, 0.15) is 5.82 Å². The van der Waals surface area contributed by atoms with Crippen LogP contribution >= 0.6 is 0 Å². The molecule has 1 unspecified atom stereocenters. The second-order valence-corrected chi connectivity index (χ2v) is 7.95. The number of hydrogen-bond acceptors (Lipinski definition) is 4. The third-order valence-corrected chi connectivity index (χ3v) is 5.67. The molecule has 2 heterocycles. The lowest BCUT2D eigenvalue weighted by molar-refractivity contribution is -0.138. The van der Waals surface area contributed by atoms with E-state index in [9.17, 15) is 22.8 Å². The van der Waals surface area contributed by atoms with Crippen LogP contribution in [0.3, 0.4) is 0 Å². The van der Waals surface area contributed by atoms with Crippen LogP contribution in [0, 0.1) is 5.92 Å². The average molecular weight is 448 g/mol. The van der Waals surface area contributed by atoms with Crippen LogP contribution in [0.1, 0.15) is 46.5 Å². The maximum absolute atomic E-state index is 13.2. The summed E-state index contributed by atoms with van der Waals surface area (Å²) in [4.78, 5) is 32.7. The van der Waals surface area contributed by atoms with Gasteiger partial charge in [-0.3, -0.25) is 9.59 Å². The number of carbonyl (C=O) groups excluding carboxylic acids is 2. The van der Waals surface area contributed by atoms with Gasteiger partial charge in [-0.2, -0.15) is 13.2 Å². The summed E-state index contributed by atoms with van der Waals surface area (Å²) in [5, 5.41) is 2.88. The fourth-order valence-electron chi connectivity index (χ4n) is 3.45. The van der Waals surface area contributed by atoms with Gasteiger partial charge in [-0.15, -0.1) is 0 Å². The lowest BCUT2D eigenvalue weighted by Crippen LogP contribution is -2.49. The first kappa shape index (κ1) is 23.6. The number of hydrogen-bond donors (Lipinski definition) is 1. The Morgan fingerprint density at radius 1 is 1.09 bits per heavy atom. The van der Waals surface area contributed by atoms with E-state index < -0.39 is 17.6 Å². The number of pyridine rings is 1. The van der Waals surface area contributed by atoms with Crippen molar-refractivity contribution in [2.75, 3.05) is 37.6 Å². The van der Waals surface area contributed by atoms with Gasteiger partial charge < -0.3 is 15.1 Å². The Balaban J connectivity index is 1.59. The molecule has 1 aromatic heterocycles. The van der Waals surface area contributed by atoms with Crippen molar-refractivity contribution < 1.29 is 22.8 Å². The number of nitrogens with one attached hydrogen (secondary N) is 1. The molecule has 0 saturated carbocycles. The predicted octanol–water partition coefficient (Wildman–Crippen LogP) is 3.84. The molecule has 9 heteroatoms. The second kappa shape index (κ2) is 10.0. The molecule has 172 valence electrons. The molecule has 0 radical (unpaired) electrons. The van der Waals surface area contributed by atoms with E-state index >= 15 is 0 Å². The zero-order valence-corrected chi connectivity index (χ0v) is 18.2. The van der Waals surface area contributed by atoms with Crippen molar-refractivity contribution in [3.63, 3.8) is 0 Å². The van der Waals surface area contributed by atoms with Crippen LogP contribution in [0.15, 0.2) is 42.6 Å². The molecular formula is C23H27F3N4O2. The number of aromatic nitrogens is 1. The molecule has 0 bridgehead atoms. The fraction of sp³-hybridized carbons (Fsp3) is 0.435.